The molecule has 0 aromatic heterocycles. The second-order valence-corrected chi connectivity index (χ2v) is 7.91. The average Bonchev–Trinajstić information content (AvgIpc) is 2.75. The lowest BCUT2D eigenvalue weighted by atomic mass is 10.1. The topological polar surface area (TPSA) is 27.7 Å². The summed E-state index contributed by atoms with van der Waals surface area (Å²) in [6.45, 7) is 10.3. The number of halogens is 6. The van der Waals surface area contributed by atoms with Crippen molar-refractivity contribution in [3.8, 4) is 0 Å². The van der Waals surface area contributed by atoms with Gasteiger partial charge >= 0.3 is 0 Å². The number of hydrogen-bond donors (Lipinski definition) is 0. The van der Waals surface area contributed by atoms with Gasteiger partial charge in [0.15, 0.2) is 0 Å². The van der Waals surface area contributed by atoms with Crippen LogP contribution < -0.4 is 0 Å². The van der Waals surface area contributed by atoms with Gasteiger partial charge in [-0.05, 0) is 12.8 Å². The Kier molecular flexibility index (Phi) is 10.9. The summed E-state index contributed by atoms with van der Waals surface area (Å²) in [5, 5.41) is 0. The van der Waals surface area contributed by atoms with Crippen molar-refractivity contribution in [2.75, 3.05) is 0 Å². The molecule has 2 aromatic rings. The normalized spacial score (nSPS) is 12.9. The van der Waals surface area contributed by atoms with E-state index in [0.29, 0.717) is 49.9 Å². The van der Waals surface area contributed by atoms with Crippen LogP contribution in [0.1, 0.15) is 50.7 Å². The van der Waals surface area contributed by atoms with Gasteiger partial charge < -0.3 is 14.2 Å². The van der Waals surface area contributed by atoms with Crippen LogP contribution in [0, 0.1) is 34.9 Å². The largest absolute Gasteiger partial charge is 0.462 e. The minimum Gasteiger partial charge on any atom is -0.462 e. The van der Waals surface area contributed by atoms with Gasteiger partial charge in [-0.1, -0.05) is 39.8 Å². The van der Waals surface area contributed by atoms with E-state index in [1.807, 2.05) is 13.8 Å². The molecule has 3 nitrogen and oxygen atoms in total. The Morgan fingerprint density at radius 3 is 1.26 bits per heavy atom. The molecule has 0 radical (unpaired) electrons. The fourth-order valence-corrected chi connectivity index (χ4v) is 3.29. The maximum atomic E-state index is 13.9. The molecule has 2 rings (SSSR count). The summed E-state index contributed by atoms with van der Waals surface area (Å²) < 4.78 is 98.9. The smallest absolute Gasteiger partial charge is 0.134 e. The Morgan fingerprint density at radius 2 is 0.971 bits per heavy atom. The van der Waals surface area contributed by atoms with Crippen LogP contribution >= 0.6 is 0 Å². The molecule has 35 heavy (non-hydrogen) atoms. The number of rotatable bonds is 14. The standard InChI is InChI=1S/C26H28F6O3/c1-5-7-25(33-13-19-21(29)9-17(27)10-22(19)30)15(3)35-16(4)26(8-6-2)34-14-20-23(31)11-18(28)12-24(20)32/h9-12,25-26H,3-8,13-14H2,1-2H3. The van der Waals surface area contributed by atoms with Gasteiger partial charge in [0.25, 0.3) is 0 Å². The lowest BCUT2D eigenvalue weighted by Gasteiger charge is -2.25. The monoisotopic (exact) mass is 502 g/mol. The second-order valence-electron chi connectivity index (χ2n) is 7.91. The van der Waals surface area contributed by atoms with Crippen LogP contribution in [0.3, 0.4) is 0 Å². The minimum atomic E-state index is -1.08. The fraction of sp³-hybridized carbons (Fsp3) is 0.385. The first-order valence-corrected chi connectivity index (χ1v) is 11.1. The van der Waals surface area contributed by atoms with Crippen molar-refractivity contribution in [1.29, 1.82) is 0 Å². The highest BCUT2D eigenvalue weighted by Crippen LogP contribution is 2.25. The molecule has 0 aliphatic carbocycles. The van der Waals surface area contributed by atoms with E-state index < -0.39 is 71.5 Å². The number of benzene rings is 2. The quantitative estimate of drug-likeness (QED) is 0.196. The van der Waals surface area contributed by atoms with Gasteiger partial charge in [-0.15, -0.1) is 0 Å². The molecule has 2 aromatic carbocycles. The molecular weight excluding hydrogens is 474 g/mol. The first-order valence-electron chi connectivity index (χ1n) is 11.1. The molecule has 0 amide bonds. The highest BCUT2D eigenvalue weighted by molar-refractivity contribution is 5.21. The van der Waals surface area contributed by atoms with E-state index in [9.17, 15) is 26.3 Å². The summed E-state index contributed by atoms with van der Waals surface area (Å²) >= 11 is 0. The molecule has 0 aliphatic heterocycles. The third kappa shape index (κ3) is 8.14. The van der Waals surface area contributed by atoms with Crippen LogP contribution in [0.25, 0.3) is 0 Å². The van der Waals surface area contributed by atoms with Gasteiger partial charge in [0, 0.05) is 35.4 Å². The van der Waals surface area contributed by atoms with E-state index in [1.54, 1.807) is 0 Å². The van der Waals surface area contributed by atoms with E-state index in [4.69, 9.17) is 14.2 Å². The van der Waals surface area contributed by atoms with Gasteiger partial charge in [-0.2, -0.15) is 0 Å². The summed E-state index contributed by atoms with van der Waals surface area (Å²) in [4.78, 5) is 0. The summed E-state index contributed by atoms with van der Waals surface area (Å²) in [5.41, 5.74) is -0.871. The zero-order valence-corrected chi connectivity index (χ0v) is 19.6. The SMILES string of the molecule is C=C(OC(=C)C(CCC)OCc1c(F)cc(F)cc1F)C(CCC)OCc1c(F)cc(F)cc1F. The molecule has 0 saturated heterocycles. The van der Waals surface area contributed by atoms with Crippen LogP contribution in [-0.2, 0) is 27.4 Å². The summed E-state index contributed by atoms with van der Waals surface area (Å²) in [6, 6.07) is 2.24. The van der Waals surface area contributed by atoms with Crippen molar-refractivity contribution in [2.45, 2.75) is 65.0 Å². The Bertz CT molecular complexity index is 912. The molecule has 2 atom stereocenters. The van der Waals surface area contributed by atoms with E-state index >= 15 is 0 Å². The molecule has 192 valence electrons. The van der Waals surface area contributed by atoms with Crippen LogP contribution in [0.2, 0.25) is 0 Å². The van der Waals surface area contributed by atoms with Gasteiger partial charge in [0.05, 0.1) is 13.2 Å². The molecule has 0 heterocycles. The zero-order valence-electron chi connectivity index (χ0n) is 19.6. The molecule has 0 aliphatic rings. The van der Waals surface area contributed by atoms with Gasteiger partial charge in [0.1, 0.15) is 58.6 Å². The van der Waals surface area contributed by atoms with Crippen molar-refractivity contribution in [2.24, 2.45) is 0 Å². The van der Waals surface area contributed by atoms with Gasteiger partial charge in [-0.3, -0.25) is 0 Å². The summed E-state index contributed by atoms with van der Waals surface area (Å²) in [7, 11) is 0. The predicted molar refractivity (Wildman–Crippen MR) is 119 cm³/mol. The van der Waals surface area contributed by atoms with E-state index in [1.165, 1.54) is 0 Å². The fourth-order valence-electron chi connectivity index (χ4n) is 3.29. The molecule has 2 unspecified atom stereocenters. The van der Waals surface area contributed by atoms with Crippen LogP contribution in [-0.4, -0.2) is 12.2 Å². The van der Waals surface area contributed by atoms with Crippen LogP contribution in [0.5, 0.6) is 0 Å². The first-order chi connectivity index (χ1) is 16.6. The molecule has 0 fully saturated rings. The molecule has 0 N–H and O–H groups in total. The maximum absolute atomic E-state index is 13.9. The Hall–Kier alpha value is -2.78. The third-order valence-corrected chi connectivity index (χ3v) is 5.15. The molecule has 9 heteroatoms. The van der Waals surface area contributed by atoms with Gasteiger partial charge in [0.2, 0.25) is 0 Å². The van der Waals surface area contributed by atoms with Crippen molar-refractivity contribution in [3.05, 3.63) is 95.0 Å². The average molecular weight is 502 g/mol. The second kappa shape index (κ2) is 13.3. The van der Waals surface area contributed by atoms with Crippen molar-refractivity contribution < 1.29 is 40.6 Å². The molecule has 0 saturated carbocycles. The van der Waals surface area contributed by atoms with E-state index in [0.717, 1.165) is 0 Å². The zero-order chi connectivity index (χ0) is 26.1. The van der Waals surface area contributed by atoms with Crippen LogP contribution in [0.4, 0.5) is 26.3 Å². The molecule has 0 spiro atoms. The van der Waals surface area contributed by atoms with Crippen LogP contribution in [0.15, 0.2) is 48.9 Å². The molecule has 0 bridgehead atoms. The minimum absolute atomic E-state index is 0.0867. The number of ether oxygens (including phenoxy) is 3. The lowest BCUT2D eigenvalue weighted by Crippen LogP contribution is -2.22. The lowest BCUT2D eigenvalue weighted by molar-refractivity contribution is -0.00531. The van der Waals surface area contributed by atoms with Crippen molar-refractivity contribution in [3.63, 3.8) is 0 Å². The highest BCUT2D eigenvalue weighted by Gasteiger charge is 2.23. The molecular formula is C26H28F6O3. The van der Waals surface area contributed by atoms with Crippen molar-refractivity contribution in [1.82, 2.24) is 0 Å². The van der Waals surface area contributed by atoms with E-state index in [-0.39, 0.29) is 11.5 Å². The van der Waals surface area contributed by atoms with Gasteiger partial charge in [-0.25, -0.2) is 26.3 Å². The highest BCUT2D eigenvalue weighted by atomic mass is 19.2. The Labute approximate surface area is 201 Å². The van der Waals surface area contributed by atoms with E-state index in [2.05, 4.69) is 13.2 Å². The predicted octanol–water partition coefficient (Wildman–Crippen LogP) is 7.64. The number of hydrogen-bond acceptors (Lipinski definition) is 3. The maximum Gasteiger partial charge on any atom is 0.134 e. The Balaban J connectivity index is 2.05. The van der Waals surface area contributed by atoms with Crippen molar-refractivity contribution >= 4 is 0 Å². The summed E-state index contributed by atoms with van der Waals surface area (Å²) in [5.74, 6) is -6.22. The summed E-state index contributed by atoms with van der Waals surface area (Å²) in [6.07, 6.45) is 0.450. The Morgan fingerprint density at radius 1 is 0.657 bits per heavy atom. The third-order valence-electron chi connectivity index (χ3n) is 5.15. The first kappa shape index (κ1) is 28.5.